The lowest BCUT2D eigenvalue weighted by molar-refractivity contribution is -0.141. The van der Waals surface area contributed by atoms with Crippen LogP contribution in [0.5, 0.6) is 0 Å². The van der Waals surface area contributed by atoms with E-state index < -0.39 is 17.9 Å². The molecule has 0 heterocycles. The van der Waals surface area contributed by atoms with Gasteiger partial charge >= 0.3 is 5.97 Å². The van der Waals surface area contributed by atoms with Gasteiger partial charge in [-0.05, 0) is 0 Å². The van der Waals surface area contributed by atoms with Crippen molar-refractivity contribution < 1.29 is 14.7 Å². The van der Waals surface area contributed by atoms with Crippen LogP contribution in [-0.4, -0.2) is 23.0 Å². The van der Waals surface area contributed by atoms with Gasteiger partial charge in [0.2, 0.25) is 5.91 Å². The van der Waals surface area contributed by atoms with Crippen molar-refractivity contribution >= 4 is 17.6 Å². The molecule has 1 aromatic rings. The van der Waals surface area contributed by atoms with Gasteiger partial charge in [0, 0.05) is 13.3 Å². The third-order valence-electron chi connectivity index (χ3n) is 2.16. The van der Waals surface area contributed by atoms with E-state index in [9.17, 15) is 9.59 Å². The van der Waals surface area contributed by atoms with Crippen molar-refractivity contribution in [3.05, 3.63) is 41.2 Å². The summed E-state index contributed by atoms with van der Waals surface area (Å²) < 4.78 is 0. The molecule has 1 atom stereocenters. The second kappa shape index (κ2) is 5.66. The van der Waals surface area contributed by atoms with E-state index in [4.69, 9.17) is 11.7 Å². The molecule has 5 heteroatoms. The standard InChI is InChI=1S/C12H12N2O3/c1-8(15)14-11(12(16)17)7-9-4-3-5-10(6-9)13-2/h3-6,11H,7H2,1H3,(H,14,15)(H,16,17). The third kappa shape index (κ3) is 3.95. The SMILES string of the molecule is [C-]#[N+]c1cccc(CC(NC(C)=O)C(=O)O)c1. The number of nitrogens with zero attached hydrogens (tertiary/aromatic N) is 1. The first kappa shape index (κ1) is 12.7. The maximum atomic E-state index is 10.9. The fourth-order valence-corrected chi connectivity index (χ4v) is 1.43. The van der Waals surface area contributed by atoms with Gasteiger partial charge in [-0.3, -0.25) is 4.79 Å². The van der Waals surface area contributed by atoms with Crippen LogP contribution in [0.4, 0.5) is 5.69 Å². The van der Waals surface area contributed by atoms with Crippen molar-refractivity contribution in [2.75, 3.05) is 0 Å². The van der Waals surface area contributed by atoms with Crippen molar-refractivity contribution in [1.29, 1.82) is 0 Å². The van der Waals surface area contributed by atoms with Gasteiger partial charge in [0.25, 0.3) is 0 Å². The van der Waals surface area contributed by atoms with E-state index in [0.717, 1.165) is 0 Å². The van der Waals surface area contributed by atoms with E-state index in [2.05, 4.69) is 10.2 Å². The molecular weight excluding hydrogens is 220 g/mol. The van der Waals surface area contributed by atoms with E-state index in [1.165, 1.54) is 6.92 Å². The van der Waals surface area contributed by atoms with Gasteiger partial charge in [0.1, 0.15) is 6.04 Å². The molecular formula is C12H12N2O3. The zero-order valence-corrected chi connectivity index (χ0v) is 9.30. The second-order valence-electron chi connectivity index (χ2n) is 3.58. The van der Waals surface area contributed by atoms with Crippen molar-refractivity contribution in [3.8, 4) is 0 Å². The minimum Gasteiger partial charge on any atom is -0.480 e. The predicted octanol–water partition coefficient (Wildman–Crippen LogP) is 1.37. The van der Waals surface area contributed by atoms with Gasteiger partial charge in [-0.25, -0.2) is 9.64 Å². The number of benzene rings is 1. The average molecular weight is 232 g/mol. The Hall–Kier alpha value is -2.35. The average Bonchev–Trinajstić information content (AvgIpc) is 2.27. The Labute approximate surface area is 98.9 Å². The van der Waals surface area contributed by atoms with Crippen molar-refractivity contribution in [2.45, 2.75) is 19.4 Å². The molecule has 5 nitrogen and oxygen atoms in total. The normalized spacial score (nSPS) is 11.3. The molecule has 88 valence electrons. The molecule has 2 N–H and O–H groups in total. The first-order valence-corrected chi connectivity index (χ1v) is 4.99. The first-order valence-electron chi connectivity index (χ1n) is 4.99. The van der Waals surface area contributed by atoms with E-state index in [1.54, 1.807) is 24.3 Å². The zero-order chi connectivity index (χ0) is 12.8. The topological polar surface area (TPSA) is 70.8 Å². The summed E-state index contributed by atoms with van der Waals surface area (Å²) in [6, 6.07) is 5.71. The maximum Gasteiger partial charge on any atom is 0.326 e. The van der Waals surface area contributed by atoms with Gasteiger partial charge in [0.15, 0.2) is 5.69 Å². The largest absolute Gasteiger partial charge is 0.480 e. The van der Waals surface area contributed by atoms with Crippen LogP contribution in [0, 0.1) is 6.57 Å². The Morgan fingerprint density at radius 2 is 2.24 bits per heavy atom. The lowest BCUT2D eigenvalue weighted by Crippen LogP contribution is -2.41. The molecule has 0 fully saturated rings. The molecule has 0 aliphatic heterocycles. The third-order valence-corrected chi connectivity index (χ3v) is 2.16. The summed E-state index contributed by atoms with van der Waals surface area (Å²) in [5, 5.41) is 11.3. The lowest BCUT2D eigenvalue weighted by atomic mass is 10.1. The van der Waals surface area contributed by atoms with Crippen LogP contribution in [0.1, 0.15) is 12.5 Å². The lowest BCUT2D eigenvalue weighted by Gasteiger charge is -2.13. The van der Waals surface area contributed by atoms with Gasteiger partial charge in [-0.2, -0.15) is 0 Å². The molecule has 1 unspecified atom stereocenters. The number of rotatable bonds is 4. The van der Waals surface area contributed by atoms with Crippen molar-refractivity contribution in [1.82, 2.24) is 5.32 Å². The van der Waals surface area contributed by atoms with Crippen LogP contribution in [0.3, 0.4) is 0 Å². The molecule has 0 aromatic heterocycles. The zero-order valence-electron chi connectivity index (χ0n) is 9.30. The summed E-state index contributed by atoms with van der Waals surface area (Å²) in [6.07, 6.45) is 0.165. The van der Waals surface area contributed by atoms with Crippen molar-refractivity contribution in [2.24, 2.45) is 0 Å². The van der Waals surface area contributed by atoms with Gasteiger partial charge < -0.3 is 10.4 Å². The molecule has 1 rings (SSSR count). The van der Waals surface area contributed by atoms with Crippen LogP contribution in [0.15, 0.2) is 24.3 Å². The molecule has 1 amide bonds. The number of hydrogen-bond acceptors (Lipinski definition) is 2. The fraction of sp³-hybridized carbons (Fsp3) is 0.250. The molecule has 0 spiro atoms. The number of hydrogen-bond donors (Lipinski definition) is 2. The number of aliphatic carboxylic acids is 1. The van der Waals surface area contributed by atoms with E-state index in [1.807, 2.05) is 0 Å². The molecule has 0 radical (unpaired) electrons. The number of amides is 1. The fourth-order valence-electron chi connectivity index (χ4n) is 1.43. The molecule has 1 aromatic carbocycles. The van der Waals surface area contributed by atoms with Crippen LogP contribution in [-0.2, 0) is 16.0 Å². The first-order chi connectivity index (χ1) is 8.02. The highest BCUT2D eigenvalue weighted by Crippen LogP contribution is 2.15. The molecule has 0 bridgehead atoms. The molecule has 0 saturated heterocycles. The van der Waals surface area contributed by atoms with Gasteiger partial charge in [0.05, 0.1) is 6.57 Å². The second-order valence-corrected chi connectivity index (χ2v) is 3.58. The Morgan fingerprint density at radius 3 is 2.76 bits per heavy atom. The van der Waals surface area contributed by atoms with Crippen LogP contribution in [0.25, 0.3) is 4.85 Å². The summed E-state index contributed by atoms with van der Waals surface area (Å²) in [5.74, 6) is -1.48. The van der Waals surface area contributed by atoms with Crippen LogP contribution in [0.2, 0.25) is 0 Å². The number of carboxylic acid groups (broad SMARTS) is 1. The predicted molar refractivity (Wildman–Crippen MR) is 61.6 cm³/mol. The summed E-state index contributed by atoms with van der Waals surface area (Å²) in [6.45, 7) is 8.13. The number of nitrogens with one attached hydrogen (secondary N) is 1. The highest BCUT2D eigenvalue weighted by atomic mass is 16.4. The van der Waals surface area contributed by atoms with E-state index >= 15 is 0 Å². The number of carbonyl (C=O) groups excluding carboxylic acids is 1. The summed E-state index contributed by atoms with van der Waals surface area (Å²) in [4.78, 5) is 25.0. The highest BCUT2D eigenvalue weighted by Gasteiger charge is 2.18. The quantitative estimate of drug-likeness (QED) is 0.770. The van der Waals surface area contributed by atoms with Gasteiger partial charge in [-0.1, -0.05) is 29.8 Å². The summed E-state index contributed by atoms with van der Waals surface area (Å²) in [5.41, 5.74) is 1.16. The number of carboxylic acids is 1. The molecule has 0 aliphatic carbocycles. The Balaban J connectivity index is 2.82. The molecule has 0 saturated carbocycles. The van der Waals surface area contributed by atoms with Crippen LogP contribution >= 0.6 is 0 Å². The Morgan fingerprint density at radius 1 is 1.53 bits per heavy atom. The Kier molecular flexibility index (Phi) is 4.23. The Bertz CT molecular complexity index is 477. The summed E-state index contributed by atoms with van der Waals surface area (Å²) >= 11 is 0. The number of carbonyl (C=O) groups is 2. The van der Waals surface area contributed by atoms with Gasteiger partial charge in [-0.15, -0.1) is 0 Å². The highest BCUT2D eigenvalue weighted by molar-refractivity contribution is 5.82. The molecule has 0 aliphatic rings. The maximum absolute atomic E-state index is 10.9. The monoisotopic (exact) mass is 232 g/mol. The smallest absolute Gasteiger partial charge is 0.326 e. The van der Waals surface area contributed by atoms with E-state index in [-0.39, 0.29) is 6.42 Å². The van der Waals surface area contributed by atoms with Crippen molar-refractivity contribution in [3.63, 3.8) is 0 Å². The minimum atomic E-state index is -1.09. The molecule has 17 heavy (non-hydrogen) atoms. The van der Waals surface area contributed by atoms with E-state index in [0.29, 0.717) is 11.3 Å². The summed E-state index contributed by atoms with van der Waals surface area (Å²) in [7, 11) is 0. The van der Waals surface area contributed by atoms with Crippen LogP contribution < -0.4 is 5.32 Å². The minimum absolute atomic E-state index is 0.165.